The van der Waals surface area contributed by atoms with E-state index in [2.05, 4.69) is 29.3 Å². The minimum absolute atomic E-state index is 0.0576. The zero-order valence-corrected chi connectivity index (χ0v) is 21.1. The van der Waals surface area contributed by atoms with Gasteiger partial charge in [0.2, 0.25) is 5.91 Å². The number of imidazole rings is 1. The number of pyridine rings is 1. The monoisotopic (exact) mass is 513 g/mol. The van der Waals surface area contributed by atoms with E-state index in [1.807, 2.05) is 51.9 Å². The van der Waals surface area contributed by atoms with Gasteiger partial charge in [-0.3, -0.25) is 9.20 Å². The molecular formula is C25H25Cl2N5OS. The fourth-order valence-electron chi connectivity index (χ4n) is 4.27. The van der Waals surface area contributed by atoms with Gasteiger partial charge in [0.05, 0.1) is 27.2 Å². The zero-order valence-electron chi connectivity index (χ0n) is 18.8. The molecule has 34 heavy (non-hydrogen) atoms. The quantitative estimate of drug-likeness (QED) is 0.359. The molecule has 0 unspecified atom stereocenters. The average molecular weight is 514 g/mol. The molecule has 0 aliphatic carbocycles. The SMILES string of the molecule is CCc1ccc(-c2nc3ccccn3c2NCC(=O)N2CCN(c3c(Cl)cccc3Cl)CC2)s1. The lowest BCUT2D eigenvalue weighted by molar-refractivity contribution is -0.129. The highest BCUT2D eigenvalue weighted by molar-refractivity contribution is 7.15. The molecule has 6 nitrogen and oxygen atoms in total. The number of piperazine rings is 1. The summed E-state index contributed by atoms with van der Waals surface area (Å²) in [4.78, 5) is 24.3. The first-order valence-electron chi connectivity index (χ1n) is 11.3. The molecule has 4 heterocycles. The Morgan fingerprint density at radius 1 is 1.03 bits per heavy atom. The zero-order chi connectivity index (χ0) is 23.7. The van der Waals surface area contributed by atoms with Crippen molar-refractivity contribution in [3.05, 3.63) is 69.7 Å². The standard InChI is InChI=1S/C25H25Cl2N5OS/c1-2-17-9-10-20(34-17)23-25(32-11-4-3-8-21(32)29-23)28-16-22(33)30-12-14-31(15-13-30)24-18(26)6-5-7-19(24)27/h3-11,28H,2,12-16H2,1H3. The molecule has 0 spiro atoms. The lowest BCUT2D eigenvalue weighted by atomic mass is 10.2. The van der Waals surface area contributed by atoms with Crippen LogP contribution in [0, 0.1) is 0 Å². The second-order valence-corrected chi connectivity index (χ2v) is 10.1. The topological polar surface area (TPSA) is 52.9 Å². The van der Waals surface area contributed by atoms with Crippen molar-refractivity contribution in [3.8, 4) is 10.6 Å². The first-order chi connectivity index (χ1) is 16.5. The van der Waals surface area contributed by atoms with E-state index in [0.29, 0.717) is 36.2 Å². The number of rotatable bonds is 6. The molecule has 1 aliphatic heterocycles. The van der Waals surface area contributed by atoms with Gasteiger partial charge in [0.25, 0.3) is 0 Å². The molecule has 0 bridgehead atoms. The average Bonchev–Trinajstić information content (AvgIpc) is 3.47. The molecule has 5 rings (SSSR count). The molecule has 4 aromatic rings. The van der Waals surface area contributed by atoms with Crippen molar-refractivity contribution in [1.82, 2.24) is 14.3 Å². The fourth-order valence-corrected chi connectivity index (χ4v) is 5.85. The van der Waals surface area contributed by atoms with Crippen LogP contribution in [0.3, 0.4) is 0 Å². The van der Waals surface area contributed by atoms with E-state index in [1.54, 1.807) is 11.3 Å². The third-order valence-corrected chi connectivity index (χ3v) is 7.91. The smallest absolute Gasteiger partial charge is 0.242 e. The minimum atomic E-state index is 0.0576. The van der Waals surface area contributed by atoms with Crippen LogP contribution < -0.4 is 10.2 Å². The van der Waals surface area contributed by atoms with Gasteiger partial charge in [-0.1, -0.05) is 42.3 Å². The first kappa shape index (κ1) is 23.0. The Kier molecular flexibility index (Phi) is 6.68. The summed E-state index contributed by atoms with van der Waals surface area (Å²) in [6.45, 7) is 4.96. The summed E-state index contributed by atoms with van der Waals surface area (Å²) in [5, 5.41) is 4.65. The van der Waals surface area contributed by atoms with Crippen molar-refractivity contribution in [2.75, 3.05) is 42.9 Å². The van der Waals surface area contributed by atoms with Crippen LogP contribution in [-0.2, 0) is 11.2 Å². The first-order valence-corrected chi connectivity index (χ1v) is 12.9. The van der Waals surface area contributed by atoms with Crippen molar-refractivity contribution in [1.29, 1.82) is 0 Å². The lowest BCUT2D eigenvalue weighted by Crippen LogP contribution is -2.50. The van der Waals surface area contributed by atoms with Gasteiger partial charge < -0.3 is 15.1 Å². The number of halogens is 2. The summed E-state index contributed by atoms with van der Waals surface area (Å²) in [6, 6.07) is 15.7. The lowest BCUT2D eigenvalue weighted by Gasteiger charge is -2.37. The van der Waals surface area contributed by atoms with Crippen LogP contribution >= 0.6 is 34.5 Å². The molecule has 176 valence electrons. The predicted molar refractivity (Wildman–Crippen MR) is 142 cm³/mol. The Hall–Kier alpha value is -2.74. The van der Waals surface area contributed by atoms with Crippen molar-refractivity contribution in [2.24, 2.45) is 0 Å². The highest BCUT2D eigenvalue weighted by atomic mass is 35.5. The number of carbonyl (C=O) groups excluding carboxylic acids is 1. The maximum absolute atomic E-state index is 13.1. The number of fused-ring (bicyclic) bond motifs is 1. The second kappa shape index (κ2) is 9.86. The van der Waals surface area contributed by atoms with Gasteiger partial charge in [-0.05, 0) is 42.8 Å². The molecule has 1 aliphatic rings. The van der Waals surface area contributed by atoms with Crippen LogP contribution in [-0.4, -0.2) is 52.9 Å². The molecule has 9 heteroatoms. The number of hydrogen-bond donors (Lipinski definition) is 1. The van der Waals surface area contributed by atoms with Gasteiger partial charge in [-0.2, -0.15) is 0 Å². The van der Waals surface area contributed by atoms with Crippen LogP contribution in [0.15, 0.2) is 54.7 Å². The summed E-state index contributed by atoms with van der Waals surface area (Å²) in [6.07, 6.45) is 2.96. The predicted octanol–water partition coefficient (Wildman–Crippen LogP) is 5.69. The summed E-state index contributed by atoms with van der Waals surface area (Å²) >= 11 is 14.5. The third kappa shape index (κ3) is 4.48. The van der Waals surface area contributed by atoms with E-state index in [9.17, 15) is 4.79 Å². The molecule has 3 aromatic heterocycles. The molecule has 1 amide bonds. The molecule has 1 aromatic carbocycles. The molecule has 1 fully saturated rings. The van der Waals surface area contributed by atoms with E-state index in [-0.39, 0.29) is 12.5 Å². The molecular weight excluding hydrogens is 489 g/mol. The summed E-state index contributed by atoms with van der Waals surface area (Å²) in [7, 11) is 0. The Labute approximate surface area is 212 Å². The van der Waals surface area contributed by atoms with Gasteiger partial charge in [-0.15, -0.1) is 11.3 Å². The maximum atomic E-state index is 13.1. The minimum Gasteiger partial charge on any atom is -0.366 e. The number of carbonyl (C=O) groups is 1. The summed E-state index contributed by atoms with van der Waals surface area (Å²) < 4.78 is 2.01. The largest absolute Gasteiger partial charge is 0.366 e. The highest BCUT2D eigenvalue weighted by Crippen LogP contribution is 2.35. The van der Waals surface area contributed by atoms with E-state index in [4.69, 9.17) is 28.2 Å². The van der Waals surface area contributed by atoms with Crippen molar-refractivity contribution in [2.45, 2.75) is 13.3 Å². The van der Waals surface area contributed by atoms with E-state index in [0.717, 1.165) is 34.1 Å². The van der Waals surface area contributed by atoms with E-state index < -0.39 is 0 Å². The Morgan fingerprint density at radius 3 is 2.50 bits per heavy atom. The maximum Gasteiger partial charge on any atom is 0.242 e. The Balaban J connectivity index is 1.29. The van der Waals surface area contributed by atoms with Gasteiger partial charge >= 0.3 is 0 Å². The van der Waals surface area contributed by atoms with Gasteiger partial charge in [0.15, 0.2) is 0 Å². The van der Waals surface area contributed by atoms with Crippen molar-refractivity contribution < 1.29 is 4.79 Å². The number of para-hydroxylation sites is 1. The number of benzene rings is 1. The number of anilines is 2. The van der Waals surface area contributed by atoms with E-state index >= 15 is 0 Å². The van der Waals surface area contributed by atoms with Crippen molar-refractivity contribution in [3.63, 3.8) is 0 Å². The number of nitrogens with one attached hydrogen (secondary N) is 1. The third-order valence-electron chi connectivity index (χ3n) is 6.07. The molecule has 0 atom stereocenters. The van der Waals surface area contributed by atoms with Gasteiger partial charge in [-0.25, -0.2) is 4.98 Å². The number of nitrogens with zero attached hydrogens (tertiary/aromatic N) is 4. The fraction of sp³-hybridized carbons (Fsp3) is 0.280. The molecule has 0 radical (unpaired) electrons. The van der Waals surface area contributed by atoms with Gasteiger partial charge in [0.1, 0.15) is 17.2 Å². The van der Waals surface area contributed by atoms with Crippen LogP contribution in [0.2, 0.25) is 10.0 Å². The van der Waals surface area contributed by atoms with E-state index in [1.165, 1.54) is 4.88 Å². The summed E-state index contributed by atoms with van der Waals surface area (Å²) in [5.41, 5.74) is 2.57. The number of thiophene rings is 1. The Bertz CT molecular complexity index is 1310. The van der Waals surface area contributed by atoms with Crippen LogP contribution in [0.5, 0.6) is 0 Å². The number of aryl methyl sites for hydroxylation is 1. The number of aromatic nitrogens is 2. The molecule has 1 N–H and O–H groups in total. The van der Waals surface area contributed by atoms with Crippen LogP contribution in [0.1, 0.15) is 11.8 Å². The molecule has 1 saturated heterocycles. The normalized spacial score (nSPS) is 14.1. The van der Waals surface area contributed by atoms with Crippen LogP contribution in [0.25, 0.3) is 16.2 Å². The van der Waals surface area contributed by atoms with Crippen molar-refractivity contribution >= 4 is 57.6 Å². The second-order valence-electron chi connectivity index (χ2n) is 8.15. The molecule has 0 saturated carbocycles. The Morgan fingerprint density at radius 2 is 1.79 bits per heavy atom. The summed E-state index contributed by atoms with van der Waals surface area (Å²) in [5.74, 6) is 0.900. The van der Waals surface area contributed by atoms with Crippen LogP contribution in [0.4, 0.5) is 11.5 Å². The van der Waals surface area contributed by atoms with Gasteiger partial charge in [0, 0.05) is 37.3 Å². The number of hydrogen-bond acceptors (Lipinski definition) is 5. The highest BCUT2D eigenvalue weighted by Gasteiger charge is 2.24. The number of amides is 1.